The minimum absolute atomic E-state index is 0.0170. The van der Waals surface area contributed by atoms with Crippen LogP contribution < -0.4 is 10.4 Å². The van der Waals surface area contributed by atoms with Gasteiger partial charge in [0, 0.05) is 25.2 Å². The van der Waals surface area contributed by atoms with Crippen LogP contribution >= 0.6 is 11.3 Å². The lowest BCUT2D eigenvalue weighted by molar-refractivity contribution is -0.213. The van der Waals surface area contributed by atoms with Crippen LogP contribution in [0.2, 0.25) is 0 Å². The zero-order chi connectivity index (χ0) is 23.8. The molecule has 0 fully saturated rings. The largest absolute Gasteiger partial charge is 0.355 e. The van der Waals surface area contributed by atoms with Crippen molar-refractivity contribution in [2.75, 3.05) is 0 Å². The van der Waals surface area contributed by atoms with Gasteiger partial charge in [0.25, 0.3) is 5.56 Å². The van der Waals surface area contributed by atoms with E-state index in [-0.39, 0.29) is 11.5 Å². The molecule has 0 aliphatic heterocycles. The van der Waals surface area contributed by atoms with Crippen molar-refractivity contribution in [3.05, 3.63) is 99.6 Å². The van der Waals surface area contributed by atoms with Crippen molar-refractivity contribution in [3.63, 3.8) is 0 Å². The quantitative estimate of drug-likeness (QED) is 0.194. The molecule has 0 spiro atoms. The summed E-state index contributed by atoms with van der Waals surface area (Å²) < 4.78 is 1.77. The van der Waals surface area contributed by atoms with E-state index in [1.54, 1.807) is 28.0 Å². The summed E-state index contributed by atoms with van der Waals surface area (Å²) in [5.41, 5.74) is 5.50. The summed E-state index contributed by atoms with van der Waals surface area (Å²) in [4.78, 5) is 34.0. The summed E-state index contributed by atoms with van der Waals surface area (Å²) in [6.45, 7) is 2.51. The third-order valence-electron chi connectivity index (χ3n) is 5.50. The molecule has 5 nitrogen and oxygen atoms in total. The lowest BCUT2D eigenvalue weighted by Gasteiger charge is -2.12. The Balaban J connectivity index is 1.43. The monoisotopic (exact) mass is 473 g/mol. The predicted octanol–water partition coefficient (Wildman–Crippen LogP) is 6.51. The van der Waals surface area contributed by atoms with Crippen LogP contribution in [0.4, 0.5) is 0 Å². The van der Waals surface area contributed by atoms with Gasteiger partial charge < -0.3 is 4.57 Å². The third-order valence-corrected chi connectivity index (χ3v) is 6.18. The number of carbonyl (C=O) groups excluding carboxylic acids is 1. The van der Waals surface area contributed by atoms with Crippen molar-refractivity contribution in [1.29, 1.82) is 0 Å². The number of aromatic nitrogens is 1. The average Bonchev–Trinajstić information content (AvgIpc) is 3.39. The molecule has 174 valence electrons. The fourth-order valence-corrected chi connectivity index (χ4v) is 4.47. The summed E-state index contributed by atoms with van der Waals surface area (Å²) in [6.07, 6.45) is 4.53. The highest BCUT2D eigenvalue weighted by Gasteiger charge is 2.09. The van der Waals surface area contributed by atoms with Crippen LogP contribution in [-0.2, 0) is 22.6 Å². The Kier molecular flexibility index (Phi) is 7.94. The molecule has 0 unspecified atom stereocenters. The van der Waals surface area contributed by atoms with Gasteiger partial charge in [0.05, 0.1) is 0 Å². The SMILES string of the molecule is CCCC(=O)OOc1cccc(CCCn2cc(-c3ccccc3-c3ccsc3)ccc2=O)c1. The Morgan fingerprint density at radius 1 is 0.971 bits per heavy atom. The van der Waals surface area contributed by atoms with E-state index >= 15 is 0 Å². The van der Waals surface area contributed by atoms with Gasteiger partial charge in [-0.1, -0.05) is 43.3 Å². The van der Waals surface area contributed by atoms with E-state index in [0.717, 1.165) is 35.1 Å². The second-order valence-corrected chi connectivity index (χ2v) is 8.83. The van der Waals surface area contributed by atoms with Gasteiger partial charge in [0.2, 0.25) is 0 Å². The first-order valence-corrected chi connectivity index (χ1v) is 12.4. The van der Waals surface area contributed by atoms with Gasteiger partial charge in [-0.05, 0) is 82.1 Å². The number of thiophene rings is 1. The standard InChI is InChI=1S/C28H27NO4S/c1-2-7-28(31)33-32-24-10-5-8-21(18-24)9-6-16-29-19-22(13-14-27(29)30)25-11-3-4-12-26(25)23-15-17-34-20-23/h3-5,8,10-15,17-20H,2,6-7,9,16H2,1H3. The molecule has 0 N–H and O–H groups in total. The summed E-state index contributed by atoms with van der Waals surface area (Å²) in [5, 5.41) is 4.21. The number of hydrogen-bond donors (Lipinski definition) is 0. The van der Waals surface area contributed by atoms with Crippen molar-refractivity contribution < 1.29 is 14.6 Å². The fourth-order valence-electron chi connectivity index (χ4n) is 3.82. The van der Waals surface area contributed by atoms with Crippen molar-refractivity contribution in [2.45, 2.75) is 39.2 Å². The highest BCUT2D eigenvalue weighted by atomic mass is 32.1. The maximum atomic E-state index is 12.5. The molecule has 2 aromatic heterocycles. The number of pyridine rings is 1. The van der Waals surface area contributed by atoms with Crippen LogP contribution in [0.15, 0.2) is 88.5 Å². The molecule has 0 atom stereocenters. The molecule has 0 saturated carbocycles. The van der Waals surface area contributed by atoms with E-state index in [1.807, 2.05) is 49.5 Å². The smallest absolute Gasteiger partial charge is 0.315 e. The second kappa shape index (κ2) is 11.5. The number of nitrogens with zero attached hydrogens (tertiary/aromatic N) is 1. The van der Waals surface area contributed by atoms with E-state index in [0.29, 0.717) is 25.1 Å². The molecule has 0 radical (unpaired) electrons. The summed E-state index contributed by atoms with van der Waals surface area (Å²) in [5.74, 6) is 0.110. The molecule has 2 heterocycles. The number of hydrogen-bond acceptors (Lipinski definition) is 5. The molecule has 0 amide bonds. The van der Waals surface area contributed by atoms with E-state index in [4.69, 9.17) is 9.78 Å². The minimum atomic E-state index is -0.382. The molecule has 2 aromatic carbocycles. The van der Waals surface area contributed by atoms with Gasteiger partial charge in [0.15, 0.2) is 5.75 Å². The Hall–Kier alpha value is -3.64. The third kappa shape index (κ3) is 6.02. The minimum Gasteiger partial charge on any atom is -0.315 e. The molecule has 4 rings (SSSR count). The maximum absolute atomic E-state index is 12.5. The molecular formula is C28H27NO4S. The topological polar surface area (TPSA) is 57.5 Å². The van der Waals surface area contributed by atoms with Crippen LogP contribution in [0, 0.1) is 0 Å². The Labute approximate surface area is 203 Å². The van der Waals surface area contributed by atoms with Crippen LogP contribution in [0.25, 0.3) is 22.3 Å². The Morgan fingerprint density at radius 2 is 1.79 bits per heavy atom. The van der Waals surface area contributed by atoms with E-state index in [9.17, 15) is 9.59 Å². The number of carbonyl (C=O) groups is 1. The van der Waals surface area contributed by atoms with Crippen molar-refractivity contribution in [2.24, 2.45) is 0 Å². The lowest BCUT2D eigenvalue weighted by atomic mass is 9.97. The zero-order valence-corrected chi connectivity index (χ0v) is 19.9. The summed E-state index contributed by atoms with van der Waals surface area (Å²) in [6, 6.07) is 21.4. The van der Waals surface area contributed by atoms with Crippen molar-refractivity contribution in [1.82, 2.24) is 4.57 Å². The second-order valence-electron chi connectivity index (χ2n) is 8.05. The molecule has 0 aliphatic carbocycles. The van der Waals surface area contributed by atoms with E-state index in [1.165, 1.54) is 5.56 Å². The summed E-state index contributed by atoms with van der Waals surface area (Å²) >= 11 is 1.67. The zero-order valence-electron chi connectivity index (χ0n) is 19.1. The first-order chi connectivity index (χ1) is 16.6. The van der Waals surface area contributed by atoms with Crippen LogP contribution in [0.1, 0.15) is 31.7 Å². The number of benzene rings is 2. The van der Waals surface area contributed by atoms with Crippen molar-refractivity contribution >= 4 is 17.3 Å². The first-order valence-electron chi connectivity index (χ1n) is 11.4. The molecule has 0 saturated heterocycles. The number of aryl methyl sites for hydroxylation is 2. The molecule has 4 aromatic rings. The Morgan fingerprint density at radius 3 is 2.56 bits per heavy atom. The molecule has 34 heavy (non-hydrogen) atoms. The molecule has 0 aliphatic rings. The van der Waals surface area contributed by atoms with Gasteiger partial charge in [0.1, 0.15) is 0 Å². The van der Waals surface area contributed by atoms with Crippen LogP contribution in [0.3, 0.4) is 0 Å². The highest BCUT2D eigenvalue weighted by molar-refractivity contribution is 7.08. The maximum Gasteiger partial charge on any atom is 0.355 e. The van der Waals surface area contributed by atoms with Gasteiger partial charge in [-0.2, -0.15) is 11.3 Å². The Bertz CT molecular complexity index is 1290. The van der Waals surface area contributed by atoms with E-state index in [2.05, 4.69) is 29.0 Å². The molecule has 0 bridgehead atoms. The fraction of sp³-hybridized carbons (Fsp3) is 0.214. The van der Waals surface area contributed by atoms with Crippen LogP contribution in [-0.4, -0.2) is 10.5 Å². The average molecular weight is 474 g/mol. The van der Waals surface area contributed by atoms with Crippen LogP contribution in [0.5, 0.6) is 5.75 Å². The van der Waals surface area contributed by atoms with Gasteiger partial charge in [-0.25, -0.2) is 4.79 Å². The number of rotatable bonds is 10. The lowest BCUT2D eigenvalue weighted by Crippen LogP contribution is -2.18. The first kappa shape index (κ1) is 23.5. The molecule has 6 heteroatoms. The summed E-state index contributed by atoms with van der Waals surface area (Å²) in [7, 11) is 0. The van der Waals surface area contributed by atoms with E-state index < -0.39 is 0 Å². The van der Waals surface area contributed by atoms with Gasteiger partial charge in [-0.3, -0.25) is 14.6 Å². The van der Waals surface area contributed by atoms with Crippen molar-refractivity contribution in [3.8, 4) is 28.0 Å². The normalized spacial score (nSPS) is 10.7. The molecular weight excluding hydrogens is 446 g/mol. The predicted molar refractivity (Wildman–Crippen MR) is 136 cm³/mol. The van der Waals surface area contributed by atoms with Gasteiger partial charge in [-0.15, -0.1) is 0 Å². The highest BCUT2D eigenvalue weighted by Crippen LogP contribution is 2.32. The van der Waals surface area contributed by atoms with Gasteiger partial charge >= 0.3 is 5.97 Å².